The standard InChI is InChI=1S/C7H14BrNO3/c1-9(2,3)7(8)5(10)4-6(11)12/h5,7,10H,4H2,1-3H3/p+1. The smallest absolute Gasteiger partial charge is 0.306 e. The van der Waals surface area contributed by atoms with Gasteiger partial charge in [0.2, 0.25) is 0 Å². The van der Waals surface area contributed by atoms with E-state index in [4.69, 9.17) is 5.11 Å². The molecule has 0 aliphatic rings. The Balaban J connectivity index is 4.10. The van der Waals surface area contributed by atoms with Crippen LogP contribution in [0.1, 0.15) is 6.42 Å². The molecule has 0 saturated heterocycles. The van der Waals surface area contributed by atoms with Crippen LogP contribution < -0.4 is 0 Å². The van der Waals surface area contributed by atoms with Crippen LogP contribution in [0.15, 0.2) is 0 Å². The molecule has 72 valence electrons. The lowest BCUT2D eigenvalue weighted by molar-refractivity contribution is -0.882. The number of likely N-dealkylation sites (N-methyl/N-ethyl adjacent to an activating group) is 1. The highest BCUT2D eigenvalue weighted by Gasteiger charge is 2.29. The zero-order chi connectivity index (χ0) is 9.94. The van der Waals surface area contributed by atoms with E-state index in [1.54, 1.807) is 0 Å². The van der Waals surface area contributed by atoms with Crippen molar-refractivity contribution in [2.75, 3.05) is 21.1 Å². The fourth-order valence-corrected chi connectivity index (χ4v) is 0.979. The first-order chi connectivity index (χ1) is 5.25. The Bertz CT molecular complexity index is 167. The highest BCUT2D eigenvalue weighted by molar-refractivity contribution is 9.09. The van der Waals surface area contributed by atoms with E-state index >= 15 is 0 Å². The average molecular weight is 241 g/mol. The number of alkyl halides is 1. The minimum atomic E-state index is -0.986. The van der Waals surface area contributed by atoms with Crippen LogP contribution in [0, 0.1) is 0 Å². The molecule has 0 saturated carbocycles. The Hall–Kier alpha value is -0.130. The molecule has 0 spiro atoms. The maximum absolute atomic E-state index is 10.3. The van der Waals surface area contributed by atoms with Gasteiger partial charge in [-0.05, 0) is 15.9 Å². The number of carboxylic acid groups (broad SMARTS) is 1. The van der Waals surface area contributed by atoms with Gasteiger partial charge in [0.15, 0.2) is 4.95 Å². The summed E-state index contributed by atoms with van der Waals surface area (Å²) >= 11 is 3.25. The molecule has 0 bridgehead atoms. The zero-order valence-corrected chi connectivity index (χ0v) is 9.08. The van der Waals surface area contributed by atoms with Gasteiger partial charge in [-0.3, -0.25) is 4.79 Å². The Morgan fingerprint density at radius 2 is 1.92 bits per heavy atom. The van der Waals surface area contributed by atoms with E-state index < -0.39 is 12.1 Å². The molecule has 0 aromatic rings. The van der Waals surface area contributed by atoms with E-state index in [-0.39, 0.29) is 11.4 Å². The van der Waals surface area contributed by atoms with E-state index in [1.807, 2.05) is 21.1 Å². The third kappa shape index (κ3) is 4.04. The summed E-state index contributed by atoms with van der Waals surface area (Å²) in [7, 11) is 5.64. The Labute approximate surface area is 80.5 Å². The van der Waals surface area contributed by atoms with Gasteiger partial charge in [0, 0.05) is 0 Å². The molecule has 2 N–H and O–H groups in total. The first kappa shape index (κ1) is 11.9. The molecule has 0 aliphatic carbocycles. The number of carbonyl (C=O) groups is 1. The fourth-order valence-electron chi connectivity index (χ4n) is 0.792. The Morgan fingerprint density at radius 3 is 2.17 bits per heavy atom. The van der Waals surface area contributed by atoms with Gasteiger partial charge >= 0.3 is 5.97 Å². The average Bonchev–Trinajstić information content (AvgIpc) is 1.82. The molecular formula is C7H15BrNO3+. The molecule has 0 aromatic heterocycles. The maximum atomic E-state index is 10.3. The van der Waals surface area contributed by atoms with Crippen LogP contribution in [0.5, 0.6) is 0 Å². The van der Waals surface area contributed by atoms with E-state index in [9.17, 15) is 9.90 Å². The number of aliphatic hydroxyl groups excluding tert-OH is 1. The van der Waals surface area contributed by atoms with Crippen LogP contribution in [-0.2, 0) is 4.79 Å². The normalized spacial score (nSPS) is 17.1. The van der Waals surface area contributed by atoms with Gasteiger partial charge in [-0.1, -0.05) is 0 Å². The van der Waals surface area contributed by atoms with Crippen molar-refractivity contribution in [1.29, 1.82) is 0 Å². The van der Waals surface area contributed by atoms with Gasteiger partial charge in [0.25, 0.3) is 0 Å². The molecule has 2 unspecified atom stereocenters. The molecule has 4 nitrogen and oxygen atoms in total. The quantitative estimate of drug-likeness (QED) is 0.421. The third-order valence-corrected chi connectivity index (χ3v) is 3.28. The van der Waals surface area contributed by atoms with Gasteiger partial charge < -0.3 is 14.7 Å². The lowest BCUT2D eigenvalue weighted by Crippen LogP contribution is -2.48. The molecule has 0 fully saturated rings. The van der Waals surface area contributed by atoms with Gasteiger partial charge in [-0.2, -0.15) is 0 Å². The van der Waals surface area contributed by atoms with E-state index in [2.05, 4.69) is 15.9 Å². The summed E-state index contributed by atoms with van der Waals surface area (Å²) in [6, 6.07) is 0. The van der Waals surface area contributed by atoms with Gasteiger partial charge in [-0.25, -0.2) is 0 Å². The van der Waals surface area contributed by atoms with E-state index in [0.29, 0.717) is 4.48 Å². The second kappa shape index (κ2) is 4.20. The molecule has 0 aromatic carbocycles. The minimum absolute atomic E-state index is 0.231. The van der Waals surface area contributed by atoms with Crippen molar-refractivity contribution in [2.45, 2.75) is 17.5 Å². The number of aliphatic carboxylic acids is 1. The van der Waals surface area contributed by atoms with E-state index in [1.165, 1.54) is 0 Å². The number of hydrogen-bond acceptors (Lipinski definition) is 2. The monoisotopic (exact) mass is 240 g/mol. The molecule has 2 atom stereocenters. The largest absolute Gasteiger partial charge is 0.481 e. The molecule has 0 radical (unpaired) electrons. The highest BCUT2D eigenvalue weighted by Crippen LogP contribution is 2.16. The summed E-state index contributed by atoms with van der Waals surface area (Å²) in [6.45, 7) is 0. The molecule has 0 aliphatic heterocycles. The summed E-state index contributed by atoms with van der Waals surface area (Å²) in [4.78, 5) is 10.00. The molecule has 12 heavy (non-hydrogen) atoms. The van der Waals surface area contributed by atoms with Crippen molar-refractivity contribution in [3.05, 3.63) is 0 Å². The van der Waals surface area contributed by atoms with Gasteiger partial charge in [0.1, 0.15) is 6.10 Å². The van der Waals surface area contributed by atoms with Crippen LogP contribution in [0.4, 0.5) is 0 Å². The molecule has 5 heteroatoms. The predicted molar refractivity (Wildman–Crippen MR) is 49.0 cm³/mol. The lowest BCUT2D eigenvalue weighted by atomic mass is 10.2. The van der Waals surface area contributed by atoms with Crippen molar-refractivity contribution in [1.82, 2.24) is 0 Å². The molecule has 0 heterocycles. The second-order valence-electron chi connectivity index (χ2n) is 3.65. The number of hydrogen-bond donors (Lipinski definition) is 2. The van der Waals surface area contributed by atoms with Crippen LogP contribution in [0.2, 0.25) is 0 Å². The zero-order valence-electron chi connectivity index (χ0n) is 7.49. The number of halogens is 1. The molecular weight excluding hydrogens is 226 g/mol. The number of rotatable bonds is 4. The van der Waals surface area contributed by atoms with Crippen molar-refractivity contribution in [3.63, 3.8) is 0 Å². The highest BCUT2D eigenvalue weighted by atomic mass is 79.9. The van der Waals surface area contributed by atoms with Gasteiger partial charge in [0.05, 0.1) is 27.6 Å². The van der Waals surface area contributed by atoms with Crippen molar-refractivity contribution in [2.24, 2.45) is 0 Å². The van der Waals surface area contributed by atoms with Crippen molar-refractivity contribution < 1.29 is 19.5 Å². The Kier molecular flexibility index (Phi) is 4.16. The van der Waals surface area contributed by atoms with Crippen LogP contribution in [-0.4, -0.2) is 52.9 Å². The number of aliphatic hydroxyl groups is 1. The van der Waals surface area contributed by atoms with Crippen LogP contribution in [0.25, 0.3) is 0 Å². The fraction of sp³-hybridized carbons (Fsp3) is 0.857. The second-order valence-corrected chi connectivity index (χ2v) is 4.59. The van der Waals surface area contributed by atoms with Gasteiger partial charge in [-0.15, -0.1) is 0 Å². The first-order valence-corrected chi connectivity index (χ1v) is 4.51. The number of carboxylic acids is 1. The predicted octanol–water partition coefficient (Wildman–Crippen LogP) is 0.249. The summed E-state index contributed by atoms with van der Waals surface area (Å²) in [5.74, 6) is -0.986. The van der Waals surface area contributed by atoms with Crippen molar-refractivity contribution in [3.8, 4) is 0 Å². The summed E-state index contributed by atoms with van der Waals surface area (Å²) in [5, 5.41) is 17.8. The minimum Gasteiger partial charge on any atom is -0.481 e. The topological polar surface area (TPSA) is 57.5 Å². The third-order valence-electron chi connectivity index (χ3n) is 1.44. The summed E-state index contributed by atoms with van der Waals surface area (Å²) in [5.41, 5.74) is 0. The summed E-state index contributed by atoms with van der Waals surface area (Å²) < 4.78 is 0.481. The molecule has 0 rings (SSSR count). The lowest BCUT2D eigenvalue weighted by Gasteiger charge is -2.32. The van der Waals surface area contributed by atoms with E-state index in [0.717, 1.165) is 0 Å². The first-order valence-electron chi connectivity index (χ1n) is 3.60. The number of quaternary nitrogens is 1. The maximum Gasteiger partial charge on any atom is 0.306 e. The SMILES string of the molecule is C[N+](C)(C)C(Br)C(O)CC(=O)O. The molecule has 0 amide bonds. The Morgan fingerprint density at radius 1 is 1.50 bits per heavy atom. The summed E-state index contributed by atoms with van der Waals surface area (Å²) in [6.07, 6.45) is -1.09. The van der Waals surface area contributed by atoms with Crippen molar-refractivity contribution >= 4 is 21.9 Å². The number of nitrogens with zero attached hydrogens (tertiary/aromatic N) is 1. The van der Waals surface area contributed by atoms with Crippen LogP contribution >= 0.6 is 15.9 Å². The van der Waals surface area contributed by atoms with Crippen LogP contribution in [0.3, 0.4) is 0 Å².